The minimum atomic E-state index is -0.621. The number of rotatable bonds is 2. The molecule has 0 radical (unpaired) electrons. The number of hydrogen-bond acceptors (Lipinski definition) is 2. The number of benzene rings is 1. The van der Waals surface area contributed by atoms with E-state index in [0.29, 0.717) is 5.92 Å². The molecule has 14 heavy (non-hydrogen) atoms. The number of nitrogens with one attached hydrogen (secondary N) is 1. The van der Waals surface area contributed by atoms with Crippen LogP contribution in [0, 0.1) is 11.6 Å². The van der Waals surface area contributed by atoms with E-state index in [-0.39, 0.29) is 18.1 Å². The smallest absolute Gasteiger partial charge is 0.150 e. The molecule has 3 N–H and O–H groups in total. The second kappa shape index (κ2) is 4.11. The molecule has 0 unspecified atom stereocenters. The predicted octanol–water partition coefficient (Wildman–Crippen LogP) is 2.55. The molecule has 0 spiro atoms. The summed E-state index contributed by atoms with van der Waals surface area (Å²) in [4.78, 5) is 0. The van der Waals surface area contributed by atoms with E-state index in [1.165, 1.54) is 12.1 Å². The summed E-state index contributed by atoms with van der Waals surface area (Å²) in [5.74, 6) is 4.06. The molecule has 1 aliphatic carbocycles. The highest BCUT2D eigenvalue weighted by Crippen LogP contribution is 2.41. The van der Waals surface area contributed by atoms with E-state index in [1.807, 2.05) is 5.43 Å². The van der Waals surface area contributed by atoms with Crippen LogP contribution in [0.25, 0.3) is 0 Å². The van der Waals surface area contributed by atoms with Gasteiger partial charge in [-0.1, -0.05) is 0 Å². The summed E-state index contributed by atoms with van der Waals surface area (Å²) < 4.78 is 26.2. The molecule has 0 aliphatic heterocycles. The molecule has 1 aromatic rings. The van der Waals surface area contributed by atoms with Gasteiger partial charge in [-0.05, 0) is 36.5 Å². The van der Waals surface area contributed by atoms with E-state index in [1.54, 1.807) is 0 Å². The fraction of sp³-hybridized carbons (Fsp3) is 0.333. The average molecular weight is 221 g/mol. The average Bonchev–Trinajstić information content (AvgIpc) is 2.85. The number of anilines is 1. The minimum Gasteiger partial charge on any atom is -0.319 e. The van der Waals surface area contributed by atoms with Crippen LogP contribution in [-0.2, 0) is 0 Å². The van der Waals surface area contributed by atoms with Gasteiger partial charge in [-0.25, -0.2) is 8.78 Å². The molecule has 0 aromatic heterocycles. The summed E-state index contributed by atoms with van der Waals surface area (Å²) in [6, 6.07) is 2.69. The lowest BCUT2D eigenvalue weighted by molar-refractivity contribution is 0.585. The Balaban J connectivity index is 0.000000980. The largest absolute Gasteiger partial charge is 0.319 e. The quantitative estimate of drug-likeness (QED) is 0.594. The zero-order chi connectivity index (χ0) is 9.42. The maximum Gasteiger partial charge on any atom is 0.150 e. The first kappa shape index (κ1) is 11.2. The fourth-order valence-electron chi connectivity index (χ4n) is 1.38. The topological polar surface area (TPSA) is 38.0 Å². The van der Waals surface area contributed by atoms with Crippen LogP contribution in [0.5, 0.6) is 0 Å². The molecule has 78 valence electrons. The summed E-state index contributed by atoms with van der Waals surface area (Å²) in [6.45, 7) is 0. The number of nitrogen functional groups attached to an aromatic ring is 1. The lowest BCUT2D eigenvalue weighted by Gasteiger charge is -2.05. The van der Waals surface area contributed by atoms with Crippen molar-refractivity contribution in [3.8, 4) is 0 Å². The van der Waals surface area contributed by atoms with Crippen molar-refractivity contribution in [2.45, 2.75) is 18.8 Å². The summed E-state index contributed by atoms with van der Waals surface area (Å²) >= 11 is 0. The molecular weight excluding hydrogens is 210 g/mol. The fourth-order valence-corrected chi connectivity index (χ4v) is 1.38. The van der Waals surface area contributed by atoms with Crippen LogP contribution in [0.2, 0.25) is 0 Å². The Morgan fingerprint density at radius 3 is 2.07 bits per heavy atom. The van der Waals surface area contributed by atoms with Crippen LogP contribution in [0.4, 0.5) is 14.5 Å². The number of hydrogen-bond donors (Lipinski definition) is 2. The molecule has 0 amide bonds. The van der Waals surface area contributed by atoms with Crippen molar-refractivity contribution in [3.63, 3.8) is 0 Å². The van der Waals surface area contributed by atoms with E-state index in [9.17, 15) is 8.78 Å². The van der Waals surface area contributed by atoms with Crippen LogP contribution >= 0.6 is 12.4 Å². The Bertz CT molecular complexity index is 317. The van der Waals surface area contributed by atoms with Gasteiger partial charge in [0.25, 0.3) is 0 Å². The van der Waals surface area contributed by atoms with Gasteiger partial charge in [0.05, 0.1) is 0 Å². The van der Waals surface area contributed by atoms with Crippen molar-refractivity contribution in [2.24, 2.45) is 5.84 Å². The Labute approximate surface area is 86.9 Å². The van der Waals surface area contributed by atoms with Crippen molar-refractivity contribution < 1.29 is 8.78 Å². The van der Waals surface area contributed by atoms with Crippen LogP contribution in [0.15, 0.2) is 12.1 Å². The van der Waals surface area contributed by atoms with Crippen molar-refractivity contribution in [1.82, 2.24) is 0 Å². The van der Waals surface area contributed by atoms with Gasteiger partial charge in [0.15, 0.2) is 11.6 Å². The SMILES string of the molecule is Cl.NNc1c(F)cc(C2CC2)cc1F. The third-order valence-electron chi connectivity index (χ3n) is 2.26. The van der Waals surface area contributed by atoms with Gasteiger partial charge in [0, 0.05) is 0 Å². The van der Waals surface area contributed by atoms with E-state index in [4.69, 9.17) is 5.84 Å². The van der Waals surface area contributed by atoms with Crippen LogP contribution < -0.4 is 11.3 Å². The van der Waals surface area contributed by atoms with E-state index in [2.05, 4.69) is 0 Å². The molecule has 0 bridgehead atoms. The minimum absolute atomic E-state index is 0. The molecule has 5 heteroatoms. The summed E-state index contributed by atoms with van der Waals surface area (Å²) in [5, 5.41) is 0. The van der Waals surface area contributed by atoms with Gasteiger partial charge in [0.1, 0.15) is 5.69 Å². The summed E-state index contributed by atoms with van der Waals surface area (Å²) in [5.41, 5.74) is 2.47. The third-order valence-corrected chi connectivity index (χ3v) is 2.26. The van der Waals surface area contributed by atoms with E-state index < -0.39 is 11.6 Å². The van der Waals surface area contributed by atoms with Gasteiger partial charge >= 0.3 is 0 Å². The Morgan fingerprint density at radius 1 is 1.21 bits per heavy atom. The van der Waals surface area contributed by atoms with Crippen LogP contribution in [0.3, 0.4) is 0 Å². The number of halogens is 3. The second-order valence-corrected chi connectivity index (χ2v) is 3.28. The molecular formula is C9H11ClF2N2. The van der Waals surface area contributed by atoms with Crippen LogP contribution in [0.1, 0.15) is 24.3 Å². The molecule has 0 saturated heterocycles. The zero-order valence-electron chi connectivity index (χ0n) is 7.39. The van der Waals surface area contributed by atoms with Crippen molar-refractivity contribution in [3.05, 3.63) is 29.3 Å². The van der Waals surface area contributed by atoms with Gasteiger partial charge < -0.3 is 5.43 Å². The molecule has 2 rings (SSSR count). The lowest BCUT2D eigenvalue weighted by atomic mass is 10.1. The van der Waals surface area contributed by atoms with Crippen molar-refractivity contribution >= 4 is 18.1 Å². The van der Waals surface area contributed by atoms with Gasteiger partial charge in [-0.15, -0.1) is 12.4 Å². The Morgan fingerprint density at radius 2 is 1.71 bits per heavy atom. The van der Waals surface area contributed by atoms with Crippen molar-refractivity contribution in [2.75, 3.05) is 5.43 Å². The van der Waals surface area contributed by atoms with E-state index in [0.717, 1.165) is 18.4 Å². The van der Waals surface area contributed by atoms with Crippen LogP contribution in [-0.4, -0.2) is 0 Å². The zero-order valence-corrected chi connectivity index (χ0v) is 8.20. The maximum atomic E-state index is 13.1. The van der Waals surface area contributed by atoms with E-state index >= 15 is 0 Å². The van der Waals surface area contributed by atoms with Gasteiger partial charge in [-0.3, -0.25) is 5.84 Å². The van der Waals surface area contributed by atoms with Crippen molar-refractivity contribution in [1.29, 1.82) is 0 Å². The first-order valence-electron chi connectivity index (χ1n) is 4.18. The lowest BCUT2D eigenvalue weighted by Crippen LogP contribution is -2.11. The first-order valence-corrected chi connectivity index (χ1v) is 4.18. The Kier molecular flexibility index (Phi) is 3.29. The maximum absolute atomic E-state index is 13.1. The molecule has 0 heterocycles. The number of nitrogens with two attached hydrogens (primary N) is 1. The number of hydrazine groups is 1. The third kappa shape index (κ3) is 1.96. The molecule has 1 saturated carbocycles. The monoisotopic (exact) mass is 220 g/mol. The normalized spacial score (nSPS) is 14.8. The highest BCUT2D eigenvalue weighted by atomic mass is 35.5. The first-order chi connectivity index (χ1) is 6.22. The molecule has 1 aliphatic rings. The second-order valence-electron chi connectivity index (χ2n) is 3.28. The standard InChI is InChI=1S/C9H10F2N2.ClH/c10-7-3-6(5-1-2-5)4-8(11)9(7)13-12;/h3-5,13H,1-2,12H2;1H. The highest BCUT2D eigenvalue weighted by Gasteiger charge is 2.25. The molecule has 0 atom stereocenters. The summed E-state index contributed by atoms with van der Waals surface area (Å²) in [7, 11) is 0. The molecule has 1 fully saturated rings. The van der Waals surface area contributed by atoms with Gasteiger partial charge in [0.2, 0.25) is 0 Å². The highest BCUT2D eigenvalue weighted by molar-refractivity contribution is 5.85. The Hall–Kier alpha value is -0.870. The summed E-state index contributed by atoms with van der Waals surface area (Å²) in [6.07, 6.45) is 2.04. The van der Waals surface area contributed by atoms with Gasteiger partial charge in [-0.2, -0.15) is 0 Å². The molecule has 2 nitrogen and oxygen atoms in total. The molecule has 1 aromatic carbocycles. The predicted molar refractivity (Wildman–Crippen MR) is 53.4 cm³/mol.